The number of amides is 1. The number of hydrogen-bond donors (Lipinski definition) is 3. The van der Waals surface area contributed by atoms with Gasteiger partial charge in [0.05, 0.1) is 11.9 Å². The first-order valence-corrected chi connectivity index (χ1v) is 6.88. The van der Waals surface area contributed by atoms with E-state index < -0.39 is 5.60 Å². The summed E-state index contributed by atoms with van der Waals surface area (Å²) >= 11 is 0. The molecule has 0 aliphatic carbocycles. The number of alkyl carbamates (subject to hydrolysis) is 1. The minimum atomic E-state index is -0.480. The molecule has 20 heavy (non-hydrogen) atoms. The third kappa shape index (κ3) is 3.79. The number of H-pyrrole nitrogens is 1. The molecule has 1 saturated heterocycles. The zero-order valence-corrected chi connectivity index (χ0v) is 12.3. The zero-order valence-electron chi connectivity index (χ0n) is 12.3. The van der Waals surface area contributed by atoms with Crippen LogP contribution in [0.1, 0.15) is 33.6 Å². The van der Waals surface area contributed by atoms with Crippen LogP contribution in [0.15, 0.2) is 6.20 Å². The van der Waals surface area contributed by atoms with E-state index in [0.717, 1.165) is 25.2 Å². The second-order valence-corrected chi connectivity index (χ2v) is 6.11. The summed E-state index contributed by atoms with van der Waals surface area (Å²) in [7, 11) is 0. The molecule has 0 radical (unpaired) electrons. The Bertz CT molecular complexity index is 466. The molecule has 0 unspecified atom stereocenters. The number of ether oxygens (including phenoxy) is 1. The van der Waals surface area contributed by atoms with Gasteiger partial charge in [-0.2, -0.15) is 5.10 Å². The lowest BCUT2D eigenvalue weighted by Gasteiger charge is -2.34. The number of anilines is 2. The third-order valence-corrected chi connectivity index (χ3v) is 3.11. The van der Waals surface area contributed by atoms with Crippen molar-refractivity contribution < 1.29 is 9.53 Å². The highest BCUT2D eigenvalue weighted by Crippen LogP contribution is 2.23. The highest BCUT2D eigenvalue weighted by Gasteiger charge is 2.25. The number of aromatic amines is 1. The third-order valence-electron chi connectivity index (χ3n) is 3.11. The Morgan fingerprint density at radius 1 is 1.60 bits per heavy atom. The summed E-state index contributed by atoms with van der Waals surface area (Å²) in [5.74, 6) is 0.820. The van der Waals surface area contributed by atoms with Crippen LogP contribution in [0.25, 0.3) is 0 Å². The van der Waals surface area contributed by atoms with Crippen molar-refractivity contribution in [3.8, 4) is 0 Å². The average molecular weight is 281 g/mol. The first-order chi connectivity index (χ1) is 9.35. The molecule has 0 saturated carbocycles. The number of nitrogens with two attached hydrogens (primary N) is 1. The molecule has 4 N–H and O–H groups in total. The first kappa shape index (κ1) is 14.5. The van der Waals surface area contributed by atoms with Crippen molar-refractivity contribution in [2.75, 3.05) is 23.7 Å². The Morgan fingerprint density at radius 3 is 2.95 bits per heavy atom. The Kier molecular flexibility index (Phi) is 4.06. The van der Waals surface area contributed by atoms with Crippen LogP contribution in [0.3, 0.4) is 0 Å². The van der Waals surface area contributed by atoms with E-state index in [0.29, 0.717) is 12.2 Å². The molecular weight excluding hydrogens is 258 g/mol. The van der Waals surface area contributed by atoms with Gasteiger partial charge in [-0.05, 0) is 33.6 Å². The Morgan fingerprint density at radius 2 is 2.35 bits per heavy atom. The number of carbonyl (C=O) groups is 1. The summed E-state index contributed by atoms with van der Waals surface area (Å²) in [5, 5.41) is 9.73. The van der Waals surface area contributed by atoms with Gasteiger partial charge < -0.3 is 20.7 Å². The maximum absolute atomic E-state index is 11.8. The highest BCUT2D eigenvalue weighted by atomic mass is 16.6. The zero-order chi connectivity index (χ0) is 14.8. The van der Waals surface area contributed by atoms with Gasteiger partial charge in [-0.25, -0.2) is 4.79 Å². The van der Waals surface area contributed by atoms with Gasteiger partial charge in [0.1, 0.15) is 11.4 Å². The molecule has 1 aromatic rings. The van der Waals surface area contributed by atoms with Crippen molar-refractivity contribution >= 4 is 17.6 Å². The summed E-state index contributed by atoms with van der Waals surface area (Å²) < 4.78 is 5.28. The molecule has 0 aromatic carbocycles. The lowest BCUT2D eigenvalue weighted by molar-refractivity contribution is 0.0500. The summed E-state index contributed by atoms with van der Waals surface area (Å²) in [4.78, 5) is 13.9. The molecule has 2 rings (SSSR count). The van der Waals surface area contributed by atoms with Gasteiger partial charge in [0.15, 0.2) is 0 Å². The van der Waals surface area contributed by atoms with E-state index in [1.54, 1.807) is 6.20 Å². The van der Waals surface area contributed by atoms with Crippen LogP contribution >= 0.6 is 0 Å². The Hall–Kier alpha value is -1.92. The van der Waals surface area contributed by atoms with E-state index in [1.807, 2.05) is 20.8 Å². The minimum absolute atomic E-state index is 0.0568. The van der Waals surface area contributed by atoms with E-state index in [4.69, 9.17) is 10.5 Å². The second-order valence-electron chi connectivity index (χ2n) is 6.11. The van der Waals surface area contributed by atoms with Crippen molar-refractivity contribution in [1.82, 2.24) is 15.5 Å². The van der Waals surface area contributed by atoms with Gasteiger partial charge in [0.25, 0.3) is 0 Å². The fraction of sp³-hybridized carbons (Fsp3) is 0.692. The Balaban J connectivity index is 1.91. The van der Waals surface area contributed by atoms with Crippen LogP contribution in [-0.2, 0) is 4.74 Å². The van der Waals surface area contributed by atoms with Gasteiger partial charge in [-0.15, -0.1) is 0 Å². The molecule has 2 heterocycles. The first-order valence-electron chi connectivity index (χ1n) is 6.88. The molecule has 1 fully saturated rings. The van der Waals surface area contributed by atoms with Crippen molar-refractivity contribution in [1.29, 1.82) is 0 Å². The molecule has 7 heteroatoms. The van der Waals surface area contributed by atoms with Crippen LogP contribution in [0.2, 0.25) is 0 Å². The number of nitrogens with zero attached hydrogens (tertiary/aromatic N) is 2. The SMILES string of the molecule is CC(C)(C)OC(=O)N[C@H]1CCCN(c2[nH]ncc2N)C1. The van der Waals surface area contributed by atoms with Crippen molar-refractivity contribution in [2.45, 2.75) is 45.3 Å². The number of rotatable bonds is 2. The maximum atomic E-state index is 11.8. The van der Waals surface area contributed by atoms with Crippen molar-refractivity contribution in [3.05, 3.63) is 6.20 Å². The number of hydrogen-bond acceptors (Lipinski definition) is 5. The molecule has 112 valence electrons. The van der Waals surface area contributed by atoms with Crippen LogP contribution in [0.5, 0.6) is 0 Å². The fourth-order valence-corrected chi connectivity index (χ4v) is 2.31. The monoisotopic (exact) mass is 281 g/mol. The molecular formula is C13H23N5O2. The second kappa shape index (κ2) is 5.60. The largest absolute Gasteiger partial charge is 0.444 e. The summed E-state index contributed by atoms with van der Waals surface area (Å²) in [6.07, 6.45) is 3.14. The molecule has 1 aromatic heterocycles. The van der Waals surface area contributed by atoms with Gasteiger partial charge >= 0.3 is 6.09 Å². The normalized spacial score (nSPS) is 19.8. The molecule has 0 bridgehead atoms. The topological polar surface area (TPSA) is 96.3 Å². The van der Waals surface area contributed by atoms with Gasteiger partial charge in [0, 0.05) is 19.1 Å². The lowest BCUT2D eigenvalue weighted by Crippen LogP contribution is -2.49. The van der Waals surface area contributed by atoms with Crippen LogP contribution in [-0.4, -0.2) is 41.0 Å². The predicted molar refractivity (Wildman–Crippen MR) is 77.6 cm³/mol. The molecule has 0 spiro atoms. The number of carbonyl (C=O) groups excluding carboxylic acids is 1. The molecule has 1 aliphatic rings. The number of nitrogen functional groups attached to an aromatic ring is 1. The van der Waals surface area contributed by atoms with Gasteiger partial charge in [-0.3, -0.25) is 5.10 Å². The van der Waals surface area contributed by atoms with Crippen LogP contribution < -0.4 is 16.0 Å². The molecule has 1 amide bonds. The van der Waals surface area contributed by atoms with E-state index in [-0.39, 0.29) is 12.1 Å². The summed E-state index contributed by atoms with van der Waals surface area (Å²) in [6, 6.07) is 0.0568. The lowest BCUT2D eigenvalue weighted by atomic mass is 10.1. The van der Waals surface area contributed by atoms with E-state index in [9.17, 15) is 4.79 Å². The summed E-state index contributed by atoms with van der Waals surface area (Å²) in [6.45, 7) is 7.16. The summed E-state index contributed by atoms with van der Waals surface area (Å²) in [5.41, 5.74) is 6.00. The van der Waals surface area contributed by atoms with E-state index >= 15 is 0 Å². The van der Waals surface area contributed by atoms with Crippen molar-refractivity contribution in [2.24, 2.45) is 0 Å². The number of aromatic nitrogens is 2. The van der Waals surface area contributed by atoms with Crippen LogP contribution in [0, 0.1) is 0 Å². The standard InChI is InChI=1S/C13H23N5O2/c1-13(2,3)20-12(19)16-9-5-4-6-18(8-9)11-10(14)7-15-17-11/h7,9H,4-6,8,14H2,1-3H3,(H,15,17)(H,16,19)/t9-/m0/s1. The smallest absolute Gasteiger partial charge is 0.407 e. The van der Waals surface area contributed by atoms with E-state index in [1.165, 1.54) is 0 Å². The maximum Gasteiger partial charge on any atom is 0.407 e. The fourth-order valence-electron chi connectivity index (χ4n) is 2.31. The predicted octanol–water partition coefficient (Wildman–Crippen LogP) is 1.49. The number of nitrogens with one attached hydrogen (secondary N) is 2. The van der Waals surface area contributed by atoms with Gasteiger partial charge in [0.2, 0.25) is 0 Å². The quantitative estimate of drug-likeness (QED) is 0.763. The van der Waals surface area contributed by atoms with Crippen LogP contribution in [0.4, 0.5) is 16.3 Å². The number of piperidine rings is 1. The Labute approximate surface area is 118 Å². The average Bonchev–Trinajstić information content (AvgIpc) is 2.73. The molecule has 7 nitrogen and oxygen atoms in total. The van der Waals surface area contributed by atoms with E-state index in [2.05, 4.69) is 20.4 Å². The minimum Gasteiger partial charge on any atom is -0.444 e. The molecule has 1 atom stereocenters. The molecule has 1 aliphatic heterocycles. The van der Waals surface area contributed by atoms with Crippen molar-refractivity contribution in [3.63, 3.8) is 0 Å². The van der Waals surface area contributed by atoms with Gasteiger partial charge in [-0.1, -0.05) is 0 Å². The highest BCUT2D eigenvalue weighted by molar-refractivity contribution is 5.68.